The Labute approximate surface area is 145 Å². The van der Waals surface area contributed by atoms with Gasteiger partial charge in [0, 0.05) is 31.0 Å². The Morgan fingerprint density at radius 3 is 2.54 bits per heavy atom. The van der Waals surface area contributed by atoms with Crippen molar-refractivity contribution in [2.45, 2.75) is 39.2 Å². The molecule has 0 atom stereocenters. The first kappa shape index (κ1) is 18.1. The summed E-state index contributed by atoms with van der Waals surface area (Å²) in [7, 11) is 2.00. The summed E-state index contributed by atoms with van der Waals surface area (Å²) in [4.78, 5) is 14.6. The Kier molecular flexibility index (Phi) is 6.86. The second kappa shape index (κ2) is 9.11. The van der Waals surface area contributed by atoms with Gasteiger partial charge in [0.1, 0.15) is 0 Å². The van der Waals surface area contributed by atoms with Gasteiger partial charge in [0.25, 0.3) is 5.91 Å². The molecule has 3 nitrogen and oxygen atoms in total. The highest BCUT2D eigenvalue weighted by Crippen LogP contribution is 2.13. The quantitative estimate of drug-likeness (QED) is 0.489. The van der Waals surface area contributed by atoms with Crippen LogP contribution in [0.3, 0.4) is 0 Å². The fourth-order valence-corrected chi connectivity index (χ4v) is 2.81. The number of aromatic nitrogens is 1. The molecule has 0 aliphatic carbocycles. The molecular weight excluding hydrogens is 296 g/mol. The highest BCUT2D eigenvalue weighted by atomic mass is 16.2. The number of unbranched alkanes of at least 4 members (excludes halogenated alkanes) is 2. The maximum atomic E-state index is 12.8. The normalized spacial score (nSPS) is 10.6. The van der Waals surface area contributed by atoms with E-state index in [4.69, 9.17) is 0 Å². The van der Waals surface area contributed by atoms with Gasteiger partial charge < -0.3 is 9.47 Å². The summed E-state index contributed by atoms with van der Waals surface area (Å²) in [6.07, 6.45) is 8.55. The van der Waals surface area contributed by atoms with Crippen molar-refractivity contribution in [3.8, 4) is 0 Å². The van der Waals surface area contributed by atoms with Gasteiger partial charge in [-0.3, -0.25) is 4.79 Å². The zero-order valence-electron chi connectivity index (χ0n) is 14.9. The van der Waals surface area contributed by atoms with Crippen LogP contribution in [0.4, 0.5) is 0 Å². The van der Waals surface area contributed by atoms with Gasteiger partial charge in [-0.15, -0.1) is 6.58 Å². The zero-order valence-corrected chi connectivity index (χ0v) is 14.9. The summed E-state index contributed by atoms with van der Waals surface area (Å²) in [5, 5.41) is 0. The molecule has 0 saturated heterocycles. The second-order valence-electron chi connectivity index (χ2n) is 6.24. The van der Waals surface area contributed by atoms with Crippen LogP contribution in [0.2, 0.25) is 0 Å². The molecule has 0 spiro atoms. The van der Waals surface area contributed by atoms with Crippen LogP contribution in [0.15, 0.2) is 55.3 Å². The lowest BCUT2D eigenvalue weighted by molar-refractivity contribution is 0.0759. The van der Waals surface area contributed by atoms with Crippen molar-refractivity contribution in [2.75, 3.05) is 6.54 Å². The Hall–Kier alpha value is -2.29. The van der Waals surface area contributed by atoms with Crippen LogP contribution in [0.5, 0.6) is 0 Å². The third kappa shape index (κ3) is 4.85. The number of aryl methyl sites for hydroxylation is 2. The largest absolute Gasteiger partial charge is 0.353 e. The van der Waals surface area contributed by atoms with Gasteiger partial charge in [0.2, 0.25) is 0 Å². The van der Waals surface area contributed by atoms with Crippen molar-refractivity contribution in [1.29, 1.82) is 0 Å². The van der Waals surface area contributed by atoms with E-state index in [1.54, 1.807) is 6.08 Å². The smallest absolute Gasteiger partial charge is 0.254 e. The number of rotatable bonds is 9. The van der Waals surface area contributed by atoms with E-state index in [1.807, 2.05) is 47.0 Å². The van der Waals surface area contributed by atoms with Crippen molar-refractivity contribution in [2.24, 2.45) is 7.05 Å². The molecule has 1 aromatic heterocycles. The number of nitrogens with zero attached hydrogens (tertiary/aromatic N) is 2. The summed E-state index contributed by atoms with van der Waals surface area (Å²) in [6, 6.07) is 12.1. The predicted octanol–water partition coefficient (Wildman–Crippen LogP) is 4.59. The molecule has 0 N–H and O–H groups in total. The van der Waals surface area contributed by atoms with Gasteiger partial charge in [-0.1, -0.05) is 38.0 Å². The summed E-state index contributed by atoms with van der Waals surface area (Å²) >= 11 is 0. The van der Waals surface area contributed by atoms with Gasteiger partial charge >= 0.3 is 0 Å². The Bertz CT molecular complexity index is 655. The van der Waals surface area contributed by atoms with Gasteiger partial charge in [0.05, 0.1) is 6.54 Å². The fourth-order valence-electron chi connectivity index (χ4n) is 2.81. The summed E-state index contributed by atoms with van der Waals surface area (Å²) in [6.45, 7) is 7.13. The highest BCUT2D eigenvalue weighted by Gasteiger charge is 2.16. The lowest BCUT2D eigenvalue weighted by atomic mass is 10.0. The van der Waals surface area contributed by atoms with E-state index < -0.39 is 0 Å². The van der Waals surface area contributed by atoms with Crippen LogP contribution < -0.4 is 0 Å². The molecule has 0 fully saturated rings. The molecule has 1 heterocycles. The van der Waals surface area contributed by atoms with Crippen molar-refractivity contribution < 1.29 is 4.79 Å². The molecule has 0 aliphatic rings. The lowest BCUT2D eigenvalue weighted by Crippen LogP contribution is -2.31. The van der Waals surface area contributed by atoms with E-state index in [0.717, 1.165) is 17.7 Å². The van der Waals surface area contributed by atoms with Gasteiger partial charge in [0.15, 0.2) is 0 Å². The summed E-state index contributed by atoms with van der Waals surface area (Å²) < 4.78 is 2.04. The molecule has 128 valence electrons. The monoisotopic (exact) mass is 324 g/mol. The molecule has 2 rings (SSSR count). The number of amides is 1. The molecule has 2 aromatic rings. The molecule has 3 heteroatoms. The second-order valence-corrected chi connectivity index (χ2v) is 6.24. The minimum Gasteiger partial charge on any atom is -0.353 e. The standard InChI is InChI=1S/C21H28N2O/c1-4-6-7-9-18-11-13-19(14-12-18)21(24)23(15-5-2)17-20-10-8-16-22(20)3/h5,8,10-14,16H,2,4,6-7,9,15,17H2,1,3H3. The van der Waals surface area contributed by atoms with Crippen molar-refractivity contribution >= 4 is 5.91 Å². The van der Waals surface area contributed by atoms with Gasteiger partial charge in [-0.05, 0) is 42.7 Å². The van der Waals surface area contributed by atoms with E-state index in [2.05, 4.69) is 25.6 Å². The minimum absolute atomic E-state index is 0.0520. The SMILES string of the molecule is C=CCN(Cc1cccn1C)C(=O)c1ccc(CCCCC)cc1. The van der Waals surface area contributed by atoms with Crippen LogP contribution >= 0.6 is 0 Å². The minimum atomic E-state index is 0.0520. The topological polar surface area (TPSA) is 25.2 Å². The van der Waals surface area contributed by atoms with E-state index in [0.29, 0.717) is 13.1 Å². The molecular formula is C21H28N2O. The maximum Gasteiger partial charge on any atom is 0.254 e. The molecule has 1 aromatic carbocycles. The lowest BCUT2D eigenvalue weighted by Gasteiger charge is -2.21. The van der Waals surface area contributed by atoms with Crippen molar-refractivity contribution in [3.63, 3.8) is 0 Å². The molecule has 0 unspecified atom stereocenters. The summed E-state index contributed by atoms with van der Waals surface area (Å²) in [5.74, 6) is 0.0520. The fraction of sp³-hybridized carbons (Fsp3) is 0.381. The van der Waals surface area contributed by atoms with Gasteiger partial charge in [-0.2, -0.15) is 0 Å². The van der Waals surface area contributed by atoms with E-state index in [-0.39, 0.29) is 5.91 Å². The van der Waals surface area contributed by atoms with Gasteiger partial charge in [-0.25, -0.2) is 0 Å². The average molecular weight is 324 g/mol. The molecule has 0 saturated carbocycles. The third-order valence-electron chi connectivity index (χ3n) is 4.31. The van der Waals surface area contributed by atoms with E-state index in [1.165, 1.54) is 24.8 Å². The molecule has 1 amide bonds. The molecule has 0 radical (unpaired) electrons. The zero-order chi connectivity index (χ0) is 17.4. The number of benzene rings is 1. The van der Waals surface area contributed by atoms with E-state index >= 15 is 0 Å². The third-order valence-corrected chi connectivity index (χ3v) is 4.31. The summed E-state index contributed by atoms with van der Waals surface area (Å²) in [5.41, 5.74) is 3.16. The first-order chi connectivity index (χ1) is 11.7. The number of carbonyl (C=O) groups is 1. The van der Waals surface area contributed by atoms with Crippen LogP contribution in [0.1, 0.15) is 47.8 Å². The first-order valence-corrected chi connectivity index (χ1v) is 8.75. The molecule has 0 bridgehead atoms. The average Bonchev–Trinajstić information content (AvgIpc) is 3.00. The van der Waals surface area contributed by atoms with E-state index in [9.17, 15) is 4.79 Å². The van der Waals surface area contributed by atoms with Crippen LogP contribution in [0, 0.1) is 0 Å². The van der Waals surface area contributed by atoms with Crippen LogP contribution in [-0.4, -0.2) is 21.9 Å². The molecule has 0 aliphatic heterocycles. The predicted molar refractivity (Wildman–Crippen MR) is 100 cm³/mol. The Balaban J connectivity index is 2.05. The van der Waals surface area contributed by atoms with Crippen LogP contribution in [0.25, 0.3) is 0 Å². The first-order valence-electron chi connectivity index (χ1n) is 8.75. The number of carbonyl (C=O) groups excluding carboxylic acids is 1. The van der Waals surface area contributed by atoms with Crippen LogP contribution in [-0.2, 0) is 20.0 Å². The number of hydrogen-bond donors (Lipinski definition) is 0. The Morgan fingerprint density at radius 2 is 1.96 bits per heavy atom. The van der Waals surface area contributed by atoms with Crippen molar-refractivity contribution in [1.82, 2.24) is 9.47 Å². The highest BCUT2D eigenvalue weighted by molar-refractivity contribution is 5.94. The Morgan fingerprint density at radius 1 is 1.21 bits per heavy atom. The maximum absolute atomic E-state index is 12.8. The van der Waals surface area contributed by atoms with Crippen molar-refractivity contribution in [3.05, 3.63) is 72.1 Å². The molecule has 24 heavy (non-hydrogen) atoms. The number of hydrogen-bond acceptors (Lipinski definition) is 1.